The number of halogens is 5. The molecule has 3 rings (SSSR count). The summed E-state index contributed by atoms with van der Waals surface area (Å²) in [6.45, 7) is 0.638. The van der Waals surface area contributed by atoms with Crippen LogP contribution >= 0.6 is 23.5 Å². The van der Waals surface area contributed by atoms with E-state index in [1.807, 2.05) is 0 Å². The van der Waals surface area contributed by atoms with E-state index < -0.39 is 17.9 Å². The molecule has 0 aromatic carbocycles. The van der Waals surface area contributed by atoms with Gasteiger partial charge in [-0.2, -0.15) is 31.6 Å². The molecule has 12 heteroatoms. The van der Waals surface area contributed by atoms with Crippen molar-refractivity contribution in [3.63, 3.8) is 0 Å². The van der Waals surface area contributed by atoms with Gasteiger partial charge in [0.05, 0.1) is 6.54 Å². The fourth-order valence-corrected chi connectivity index (χ4v) is 3.49. The Balaban J connectivity index is 2.02. The van der Waals surface area contributed by atoms with Gasteiger partial charge in [-0.15, -0.1) is 10.2 Å². The minimum Gasteiger partial charge on any atom is -0.271 e. The van der Waals surface area contributed by atoms with Crippen LogP contribution in [0.15, 0.2) is 22.2 Å². The maximum Gasteiger partial charge on any atom is 0.461 e. The van der Waals surface area contributed by atoms with Gasteiger partial charge in [0.2, 0.25) is 5.82 Å². The summed E-state index contributed by atoms with van der Waals surface area (Å²) in [7, 11) is 0. The Kier molecular flexibility index (Phi) is 3.75. The first-order valence-corrected chi connectivity index (χ1v) is 7.62. The number of nitrogens with zero attached hydrogens (tertiary/aromatic N) is 5. The van der Waals surface area contributed by atoms with E-state index in [9.17, 15) is 22.0 Å². The fraction of sp³-hybridized carbons (Fsp3) is 0.400. The van der Waals surface area contributed by atoms with E-state index >= 15 is 0 Å². The number of thioether (sulfide) groups is 2. The molecule has 2 aromatic rings. The van der Waals surface area contributed by atoms with Crippen molar-refractivity contribution in [2.45, 2.75) is 17.1 Å². The van der Waals surface area contributed by atoms with E-state index in [0.29, 0.717) is 15.4 Å². The summed E-state index contributed by atoms with van der Waals surface area (Å²) in [5.74, 6) is -5.89. The molecule has 0 saturated heterocycles. The average molecular weight is 355 g/mol. The summed E-state index contributed by atoms with van der Waals surface area (Å²) in [5, 5.41) is 10.2. The van der Waals surface area contributed by atoms with Gasteiger partial charge in [0.1, 0.15) is 9.40 Å². The number of aromatic nitrogens is 4. The third kappa shape index (κ3) is 2.64. The highest BCUT2D eigenvalue weighted by Crippen LogP contribution is 2.42. The van der Waals surface area contributed by atoms with Gasteiger partial charge < -0.3 is 0 Å². The number of alkyl halides is 5. The topological polar surface area (TPSA) is 55.4 Å². The van der Waals surface area contributed by atoms with Gasteiger partial charge >= 0.3 is 12.1 Å². The van der Waals surface area contributed by atoms with Crippen LogP contribution in [0, 0.1) is 0 Å². The lowest BCUT2D eigenvalue weighted by Crippen LogP contribution is -2.36. The van der Waals surface area contributed by atoms with Crippen LogP contribution in [0.1, 0.15) is 5.82 Å². The Labute approximate surface area is 128 Å². The molecule has 0 saturated carbocycles. The van der Waals surface area contributed by atoms with E-state index in [2.05, 4.69) is 20.3 Å². The summed E-state index contributed by atoms with van der Waals surface area (Å²) < 4.78 is 65.4. The summed E-state index contributed by atoms with van der Waals surface area (Å²) >= 11 is 2.56. The largest absolute Gasteiger partial charge is 0.461 e. The van der Waals surface area contributed by atoms with E-state index in [4.69, 9.17) is 0 Å². The van der Waals surface area contributed by atoms with Crippen molar-refractivity contribution < 1.29 is 22.0 Å². The first-order chi connectivity index (χ1) is 10.3. The van der Waals surface area contributed by atoms with Gasteiger partial charge in [-0.3, -0.25) is 4.99 Å². The monoisotopic (exact) mass is 355 g/mol. The van der Waals surface area contributed by atoms with Gasteiger partial charge in [0.15, 0.2) is 5.65 Å². The number of fused-ring (bicyclic) bond motifs is 1. The van der Waals surface area contributed by atoms with Gasteiger partial charge in [0, 0.05) is 5.75 Å². The molecule has 0 aliphatic carbocycles. The van der Waals surface area contributed by atoms with Crippen molar-refractivity contribution in [3.8, 4) is 0 Å². The Bertz CT molecular complexity index is 741. The van der Waals surface area contributed by atoms with Crippen LogP contribution in [0.4, 0.5) is 22.0 Å². The number of hydrogen-bond acceptors (Lipinski definition) is 6. The quantitative estimate of drug-likeness (QED) is 0.776. The van der Waals surface area contributed by atoms with Crippen molar-refractivity contribution in [1.29, 1.82) is 0 Å². The summed E-state index contributed by atoms with van der Waals surface area (Å²) in [6, 6.07) is 2.74. The van der Waals surface area contributed by atoms with Crippen molar-refractivity contribution in [3.05, 3.63) is 18.0 Å². The zero-order chi connectivity index (χ0) is 16.0. The Morgan fingerprint density at radius 2 is 1.91 bits per heavy atom. The van der Waals surface area contributed by atoms with Gasteiger partial charge in [-0.25, -0.2) is 0 Å². The highest BCUT2D eigenvalue weighted by molar-refractivity contribution is 8.39. The molecule has 118 valence electrons. The first-order valence-electron chi connectivity index (χ1n) is 5.81. The highest BCUT2D eigenvalue weighted by atomic mass is 32.2. The third-order valence-corrected chi connectivity index (χ3v) is 4.72. The minimum atomic E-state index is -5.77. The van der Waals surface area contributed by atoms with Gasteiger partial charge in [-0.05, 0) is 23.9 Å². The van der Waals surface area contributed by atoms with E-state index in [-0.39, 0.29) is 10.7 Å². The second-order valence-electron chi connectivity index (χ2n) is 4.14. The molecule has 0 amide bonds. The molecule has 1 aliphatic rings. The molecule has 22 heavy (non-hydrogen) atoms. The van der Waals surface area contributed by atoms with E-state index in [1.54, 1.807) is 0 Å². The lowest BCUT2D eigenvalue weighted by Gasteiger charge is -2.17. The summed E-state index contributed by atoms with van der Waals surface area (Å²) in [5.41, 5.74) is -0.190. The molecule has 0 unspecified atom stereocenters. The smallest absolute Gasteiger partial charge is 0.271 e. The maximum atomic E-state index is 13.4. The standard InChI is InChI=1S/C10H6F5N5S2/c11-9(12,10(13,14)15)7-18-17-5-1-2-6(19-20(5)7)22-8-16-3-4-21-8/h1-2H,3-4H2. The lowest BCUT2D eigenvalue weighted by atomic mass is 10.3. The summed E-state index contributed by atoms with van der Waals surface area (Å²) in [4.78, 5) is 4.14. The van der Waals surface area contributed by atoms with Gasteiger partial charge in [0.25, 0.3) is 0 Å². The Morgan fingerprint density at radius 3 is 2.55 bits per heavy atom. The molecule has 2 aromatic heterocycles. The van der Waals surface area contributed by atoms with Crippen molar-refractivity contribution in [2.75, 3.05) is 12.3 Å². The number of aliphatic imine (C=N–C) groups is 1. The van der Waals surface area contributed by atoms with Crippen LogP contribution in [-0.2, 0) is 5.92 Å². The predicted molar refractivity (Wildman–Crippen MR) is 71.3 cm³/mol. The SMILES string of the molecule is FC(F)(F)C(F)(F)c1nnc2ccc(SC3=NCCS3)nn12. The van der Waals surface area contributed by atoms with Crippen LogP contribution < -0.4 is 0 Å². The van der Waals surface area contributed by atoms with Crippen LogP contribution in [0.5, 0.6) is 0 Å². The fourth-order valence-electron chi connectivity index (χ4n) is 1.62. The molecule has 0 atom stereocenters. The maximum absolute atomic E-state index is 13.4. The molecule has 0 spiro atoms. The molecule has 0 fully saturated rings. The van der Waals surface area contributed by atoms with Gasteiger partial charge in [-0.1, -0.05) is 11.8 Å². The molecular weight excluding hydrogens is 349 g/mol. The number of hydrogen-bond donors (Lipinski definition) is 0. The summed E-state index contributed by atoms with van der Waals surface area (Å²) in [6.07, 6.45) is -5.77. The van der Waals surface area contributed by atoms with Crippen LogP contribution in [0.2, 0.25) is 0 Å². The zero-order valence-electron chi connectivity index (χ0n) is 10.5. The van der Waals surface area contributed by atoms with E-state index in [1.165, 1.54) is 23.9 Å². The van der Waals surface area contributed by atoms with Crippen molar-refractivity contribution in [1.82, 2.24) is 19.8 Å². The molecular formula is C10H6F5N5S2. The van der Waals surface area contributed by atoms with E-state index in [0.717, 1.165) is 17.5 Å². The van der Waals surface area contributed by atoms with Crippen molar-refractivity contribution in [2.24, 2.45) is 4.99 Å². The highest BCUT2D eigenvalue weighted by Gasteiger charge is 2.62. The minimum absolute atomic E-state index is 0.190. The van der Waals surface area contributed by atoms with Crippen molar-refractivity contribution >= 4 is 33.5 Å². The number of rotatable bonds is 2. The molecule has 3 heterocycles. The normalized spacial score (nSPS) is 16.3. The molecule has 0 radical (unpaired) electrons. The molecule has 0 N–H and O–H groups in total. The third-order valence-electron chi connectivity index (χ3n) is 2.62. The van der Waals surface area contributed by atoms with Crippen LogP contribution in [-0.4, -0.2) is 42.7 Å². The zero-order valence-corrected chi connectivity index (χ0v) is 12.1. The molecule has 1 aliphatic heterocycles. The first kappa shape index (κ1) is 15.5. The molecule has 5 nitrogen and oxygen atoms in total. The van der Waals surface area contributed by atoms with Crippen LogP contribution in [0.3, 0.4) is 0 Å². The lowest BCUT2D eigenvalue weighted by molar-refractivity contribution is -0.293. The molecule has 0 bridgehead atoms. The Morgan fingerprint density at radius 1 is 1.14 bits per heavy atom. The second-order valence-corrected chi connectivity index (χ2v) is 6.49. The Hall–Kier alpha value is -1.43. The average Bonchev–Trinajstić information content (AvgIpc) is 3.06. The second kappa shape index (κ2) is 5.33. The van der Waals surface area contributed by atoms with Crippen LogP contribution in [0.25, 0.3) is 5.65 Å². The predicted octanol–water partition coefficient (Wildman–Crippen LogP) is 2.97.